The van der Waals surface area contributed by atoms with Gasteiger partial charge in [0.2, 0.25) is 11.8 Å². The van der Waals surface area contributed by atoms with E-state index in [1.54, 1.807) is 32.4 Å². The molecule has 0 saturated heterocycles. The lowest BCUT2D eigenvalue weighted by atomic mass is 10.2. The number of benzene rings is 1. The first kappa shape index (κ1) is 20.6. The highest BCUT2D eigenvalue weighted by Gasteiger charge is 2.15. The maximum Gasteiger partial charge on any atom is 0.321 e. The number of carbonyl (C=O) groups excluding carboxylic acids is 2. The topological polar surface area (TPSA) is 116 Å². The Labute approximate surface area is 161 Å². The van der Waals surface area contributed by atoms with Crippen LogP contribution >= 0.6 is 11.8 Å². The molecule has 27 heavy (non-hydrogen) atoms. The van der Waals surface area contributed by atoms with E-state index in [0.29, 0.717) is 17.1 Å². The van der Waals surface area contributed by atoms with Gasteiger partial charge in [-0.25, -0.2) is 4.79 Å². The molecule has 2 rings (SSSR count). The second kappa shape index (κ2) is 9.81. The molecule has 1 aromatic carbocycles. The van der Waals surface area contributed by atoms with E-state index >= 15 is 0 Å². The molecule has 9 nitrogen and oxygen atoms in total. The van der Waals surface area contributed by atoms with Crippen LogP contribution in [0, 0.1) is 0 Å². The molecule has 2 aromatic rings. The molecule has 3 amide bonds. The van der Waals surface area contributed by atoms with Gasteiger partial charge in [-0.15, -0.1) is 10.2 Å². The quantitative estimate of drug-likeness (QED) is 0.656. The number of nitrogens with zero attached hydrogens (tertiary/aromatic N) is 2. The van der Waals surface area contributed by atoms with Crippen molar-refractivity contribution in [2.24, 2.45) is 0 Å². The summed E-state index contributed by atoms with van der Waals surface area (Å²) in [4.78, 5) is 23.4. The Kier molecular flexibility index (Phi) is 7.47. The predicted molar refractivity (Wildman–Crippen MR) is 100.0 cm³/mol. The molecule has 0 aliphatic heterocycles. The van der Waals surface area contributed by atoms with Gasteiger partial charge in [0.25, 0.3) is 5.22 Å². The Bertz CT molecular complexity index is 773. The fourth-order valence-electron chi connectivity index (χ4n) is 1.97. The standard InChI is InChI=1S/C17H22N4O5S/c1-5-10(2)18-16(23)19-14(22)9-27-17-21-20-15(26-17)11-6-12(24-3)8-13(7-11)25-4/h6-8,10H,5,9H2,1-4H3,(H2,18,19,22,23)/t10-/m1/s1. The lowest BCUT2D eigenvalue weighted by molar-refractivity contribution is -0.117. The summed E-state index contributed by atoms with van der Waals surface area (Å²) in [5.41, 5.74) is 0.628. The Morgan fingerprint density at radius 1 is 1.19 bits per heavy atom. The number of aromatic nitrogens is 2. The van der Waals surface area contributed by atoms with Gasteiger partial charge < -0.3 is 19.2 Å². The van der Waals surface area contributed by atoms with E-state index in [1.165, 1.54) is 0 Å². The molecule has 0 unspecified atom stereocenters. The molecule has 0 radical (unpaired) electrons. The highest BCUT2D eigenvalue weighted by Crippen LogP contribution is 2.30. The van der Waals surface area contributed by atoms with E-state index in [4.69, 9.17) is 13.9 Å². The number of ether oxygens (including phenoxy) is 2. The van der Waals surface area contributed by atoms with Crippen LogP contribution < -0.4 is 20.1 Å². The molecule has 0 bridgehead atoms. The average Bonchev–Trinajstić information content (AvgIpc) is 3.14. The highest BCUT2D eigenvalue weighted by atomic mass is 32.2. The van der Waals surface area contributed by atoms with Gasteiger partial charge in [0.15, 0.2) is 0 Å². The molecule has 146 valence electrons. The third-order valence-corrected chi connectivity index (χ3v) is 4.39. The lowest BCUT2D eigenvalue weighted by Gasteiger charge is -2.11. The number of imide groups is 1. The van der Waals surface area contributed by atoms with Crippen molar-refractivity contribution in [3.63, 3.8) is 0 Å². The summed E-state index contributed by atoms with van der Waals surface area (Å²) >= 11 is 1.04. The number of thioether (sulfide) groups is 1. The van der Waals surface area contributed by atoms with Crippen molar-refractivity contribution < 1.29 is 23.5 Å². The van der Waals surface area contributed by atoms with Gasteiger partial charge in [-0.2, -0.15) is 0 Å². The van der Waals surface area contributed by atoms with Crippen molar-refractivity contribution >= 4 is 23.7 Å². The Balaban J connectivity index is 1.94. The van der Waals surface area contributed by atoms with Crippen LogP contribution in [0.15, 0.2) is 27.8 Å². The van der Waals surface area contributed by atoms with E-state index in [-0.39, 0.29) is 22.9 Å². The van der Waals surface area contributed by atoms with Crippen LogP contribution in [0.5, 0.6) is 11.5 Å². The van der Waals surface area contributed by atoms with E-state index in [2.05, 4.69) is 20.8 Å². The predicted octanol–water partition coefficient (Wildman–Crippen LogP) is 2.47. The van der Waals surface area contributed by atoms with E-state index in [9.17, 15) is 9.59 Å². The SMILES string of the molecule is CC[C@@H](C)NC(=O)NC(=O)CSc1nnc(-c2cc(OC)cc(OC)c2)o1. The van der Waals surface area contributed by atoms with Crippen LogP contribution in [0.1, 0.15) is 20.3 Å². The second-order valence-electron chi connectivity index (χ2n) is 5.59. The van der Waals surface area contributed by atoms with E-state index in [0.717, 1.165) is 18.2 Å². The third-order valence-electron chi connectivity index (χ3n) is 3.57. The molecule has 10 heteroatoms. The van der Waals surface area contributed by atoms with Crippen LogP contribution in [0.25, 0.3) is 11.5 Å². The maximum absolute atomic E-state index is 11.8. The number of methoxy groups -OCH3 is 2. The first-order valence-electron chi connectivity index (χ1n) is 8.25. The van der Waals surface area contributed by atoms with Crippen molar-refractivity contribution in [1.29, 1.82) is 0 Å². The molecular weight excluding hydrogens is 372 g/mol. The normalized spacial score (nSPS) is 11.6. The van der Waals surface area contributed by atoms with Crippen LogP contribution in [0.4, 0.5) is 4.79 Å². The molecule has 0 aliphatic carbocycles. The molecule has 0 spiro atoms. The summed E-state index contributed by atoms with van der Waals surface area (Å²) in [6, 6.07) is 4.66. The Hall–Kier alpha value is -2.75. The number of rotatable bonds is 8. The minimum atomic E-state index is -0.523. The van der Waals surface area contributed by atoms with Crippen molar-refractivity contribution in [2.75, 3.05) is 20.0 Å². The second-order valence-corrected chi connectivity index (χ2v) is 6.52. The van der Waals surface area contributed by atoms with Gasteiger partial charge in [0.1, 0.15) is 11.5 Å². The highest BCUT2D eigenvalue weighted by molar-refractivity contribution is 7.99. The van der Waals surface area contributed by atoms with E-state index in [1.807, 2.05) is 13.8 Å². The zero-order valence-corrected chi connectivity index (χ0v) is 16.4. The largest absolute Gasteiger partial charge is 0.497 e. The van der Waals surface area contributed by atoms with Crippen molar-refractivity contribution in [2.45, 2.75) is 31.5 Å². The molecule has 2 N–H and O–H groups in total. The number of nitrogens with one attached hydrogen (secondary N) is 2. The van der Waals surface area contributed by atoms with Gasteiger partial charge >= 0.3 is 6.03 Å². The number of hydrogen-bond acceptors (Lipinski definition) is 8. The summed E-state index contributed by atoms with van der Waals surface area (Å²) in [5.74, 6) is 0.955. The van der Waals surface area contributed by atoms with Crippen molar-refractivity contribution in [3.8, 4) is 23.0 Å². The molecule has 1 heterocycles. The molecule has 0 saturated carbocycles. The van der Waals surface area contributed by atoms with Crippen LogP contribution in [0.3, 0.4) is 0 Å². The lowest BCUT2D eigenvalue weighted by Crippen LogP contribution is -2.43. The molecule has 0 fully saturated rings. The maximum atomic E-state index is 11.8. The first-order chi connectivity index (χ1) is 12.9. The Morgan fingerprint density at radius 3 is 2.44 bits per heavy atom. The summed E-state index contributed by atoms with van der Waals surface area (Å²) in [7, 11) is 3.09. The molecule has 1 aromatic heterocycles. The van der Waals surface area contributed by atoms with Crippen LogP contribution in [-0.2, 0) is 4.79 Å². The fraction of sp³-hybridized carbons (Fsp3) is 0.412. The number of carbonyl (C=O) groups is 2. The third kappa shape index (κ3) is 6.17. The smallest absolute Gasteiger partial charge is 0.321 e. The van der Waals surface area contributed by atoms with Gasteiger partial charge in [-0.05, 0) is 25.5 Å². The minimum Gasteiger partial charge on any atom is -0.497 e. The van der Waals surface area contributed by atoms with Gasteiger partial charge in [0, 0.05) is 17.7 Å². The van der Waals surface area contributed by atoms with E-state index < -0.39 is 11.9 Å². The van der Waals surface area contributed by atoms with Crippen LogP contribution in [-0.4, -0.2) is 48.1 Å². The molecule has 0 aliphatic rings. The van der Waals surface area contributed by atoms with Crippen molar-refractivity contribution in [1.82, 2.24) is 20.8 Å². The zero-order chi connectivity index (χ0) is 19.8. The summed E-state index contributed by atoms with van der Waals surface area (Å²) in [6.07, 6.45) is 0.774. The summed E-state index contributed by atoms with van der Waals surface area (Å²) in [6.45, 7) is 3.79. The fourth-order valence-corrected chi connectivity index (χ4v) is 2.53. The first-order valence-corrected chi connectivity index (χ1v) is 9.23. The Morgan fingerprint density at radius 2 is 1.85 bits per heavy atom. The number of amides is 3. The molecular formula is C17H22N4O5S. The number of urea groups is 1. The summed E-state index contributed by atoms with van der Waals surface area (Å²) < 4.78 is 16.0. The monoisotopic (exact) mass is 394 g/mol. The average molecular weight is 394 g/mol. The van der Waals surface area contributed by atoms with Gasteiger partial charge in [0.05, 0.1) is 20.0 Å². The zero-order valence-electron chi connectivity index (χ0n) is 15.6. The van der Waals surface area contributed by atoms with Crippen molar-refractivity contribution in [3.05, 3.63) is 18.2 Å². The number of hydrogen-bond donors (Lipinski definition) is 2. The van der Waals surface area contributed by atoms with Gasteiger partial charge in [-0.1, -0.05) is 18.7 Å². The minimum absolute atomic E-state index is 0.0104. The summed E-state index contributed by atoms with van der Waals surface area (Å²) in [5, 5.41) is 13.0. The van der Waals surface area contributed by atoms with Gasteiger partial charge in [-0.3, -0.25) is 10.1 Å². The molecule has 1 atom stereocenters. The van der Waals surface area contributed by atoms with Crippen LogP contribution in [0.2, 0.25) is 0 Å².